The zero-order chi connectivity index (χ0) is 9.84. The highest BCUT2D eigenvalue weighted by atomic mass is 14.5. The van der Waals surface area contributed by atoms with Gasteiger partial charge in [0.2, 0.25) is 0 Å². The van der Waals surface area contributed by atoms with Gasteiger partial charge in [0.15, 0.2) is 0 Å². The second-order valence-corrected chi connectivity index (χ2v) is 3.03. The van der Waals surface area contributed by atoms with E-state index < -0.39 is 0 Å². The van der Waals surface area contributed by atoms with Crippen LogP contribution in [-0.4, -0.2) is 0 Å². The first-order valence-corrected chi connectivity index (χ1v) is 4.54. The number of nitrogens with zero attached hydrogens (tertiary/aromatic N) is 1. The van der Waals surface area contributed by atoms with Crippen molar-refractivity contribution in [3.05, 3.63) is 28.8 Å². The van der Waals surface area contributed by atoms with Crippen LogP contribution in [0.2, 0.25) is 0 Å². The van der Waals surface area contributed by atoms with E-state index >= 15 is 0 Å². The molecule has 0 aromatic heterocycles. The Morgan fingerprint density at radius 2 is 1.69 bits per heavy atom. The highest BCUT2D eigenvalue weighted by Gasteiger charge is 2.06. The molecule has 0 aliphatic carbocycles. The molecular weight excluding hydrogens is 160 g/mol. The molecule has 0 aliphatic heterocycles. The van der Waals surface area contributed by atoms with E-state index in [4.69, 9.17) is 11.0 Å². The summed E-state index contributed by atoms with van der Waals surface area (Å²) >= 11 is 0. The maximum absolute atomic E-state index is 8.96. The molecule has 0 saturated heterocycles. The van der Waals surface area contributed by atoms with Crippen LogP contribution in [0.3, 0.4) is 0 Å². The van der Waals surface area contributed by atoms with Gasteiger partial charge in [0.05, 0.1) is 11.6 Å². The van der Waals surface area contributed by atoms with E-state index in [9.17, 15) is 0 Å². The van der Waals surface area contributed by atoms with Gasteiger partial charge in [-0.2, -0.15) is 5.26 Å². The zero-order valence-corrected chi connectivity index (χ0v) is 8.09. The fourth-order valence-corrected chi connectivity index (χ4v) is 1.50. The Morgan fingerprint density at radius 1 is 1.23 bits per heavy atom. The summed E-state index contributed by atoms with van der Waals surface area (Å²) in [5, 5.41) is 8.96. The molecule has 0 unspecified atom stereocenters. The van der Waals surface area contributed by atoms with Crippen molar-refractivity contribution in [2.75, 3.05) is 5.73 Å². The zero-order valence-electron chi connectivity index (χ0n) is 8.09. The van der Waals surface area contributed by atoms with Gasteiger partial charge in [0, 0.05) is 5.69 Å². The molecule has 0 fully saturated rings. The molecule has 0 atom stereocenters. The fraction of sp³-hybridized carbons (Fsp3) is 0.364. The highest BCUT2D eigenvalue weighted by molar-refractivity contribution is 5.54. The number of rotatable bonds is 2. The second-order valence-electron chi connectivity index (χ2n) is 3.03. The number of hydrogen-bond donors (Lipinski definition) is 1. The summed E-state index contributed by atoms with van der Waals surface area (Å²) in [6, 6.07) is 6.01. The van der Waals surface area contributed by atoms with Crippen LogP contribution in [0, 0.1) is 11.3 Å². The second kappa shape index (κ2) is 3.95. The minimum absolute atomic E-state index is 0.757. The molecule has 0 radical (unpaired) electrons. The van der Waals surface area contributed by atoms with Crippen LogP contribution >= 0.6 is 0 Å². The summed E-state index contributed by atoms with van der Waals surface area (Å²) < 4.78 is 0. The van der Waals surface area contributed by atoms with Crippen molar-refractivity contribution in [1.82, 2.24) is 0 Å². The Hall–Kier alpha value is -1.49. The Labute approximate surface area is 79.0 Å². The Balaban J connectivity index is 3.36. The van der Waals surface area contributed by atoms with Gasteiger partial charge in [-0.1, -0.05) is 13.8 Å². The minimum Gasteiger partial charge on any atom is -0.399 e. The number of hydrogen-bond acceptors (Lipinski definition) is 2. The largest absolute Gasteiger partial charge is 0.399 e. The van der Waals surface area contributed by atoms with E-state index in [1.807, 2.05) is 26.0 Å². The summed E-state index contributed by atoms with van der Waals surface area (Å²) in [5.74, 6) is 0. The van der Waals surface area contributed by atoms with E-state index in [2.05, 4.69) is 6.07 Å². The summed E-state index contributed by atoms with van der Waals surface area (Å²) in [7, 11) is 0. The van der Waals surface area contributed by atoms with Crippen molar-refractivity contribution in [3.63, 3.8) is 0 Å². The number of benzene rings is 1. The predicted molar refractivity (Wildman–Crippen MR) is 54.3 cm³/mol. The highest BCUT2D eigenvalue weighted by Crippen LogP contribution is 2.19. The van der Waals surface area contributed by atoms with Crippen LogP contribution in [0.15, 0.2) is 12.1 Å². The van der Waals surface area contributed by atoms with Crippen LogP contribution in [0.25, 0.3) is 0 Å². The summed E-state index contributed by atoms with van der Waals surface area (Å²) in [4.78, 5) is 0. The lowest BCUT2D eigenvalue weighted by Crippen LogP contribution is -1.97. The van der Waals surface area contributed by atoms with Crippen LogP contribution in [0.1, 0.15) is 30.5 Å². The number of anilines is 1. The summed E-state index contributed by atoms with van der Waals surface area (Å²) in [6.45, 7) is 4.07. The van der Waals surface area contributed by atoms with Gasteiger partial charge in [-0.05, 0) is 36.1 Å². The summed E-state index contributed by atoms with van der Waals surface area (Å²) in [5.41, 5.74) is 9.40. The molecule has 1 rings (SSSR count). The predicted octanol–water partition coefficient (Wildman–Crippen LogP) is 2.27. The van der Waals surface area contributed by atoms with Crippen molar-refractivity contribution in [2.45, 2.75) is 26.7 Å². The fourth-order valence-electron chi connectivity index (χ4n) is 1.50. The quantitative estimate of drug-likeness (QED) is 0.699. The van der Waals surface area contributed by atoms with Crippen molar-refractivity contribution in [1.29, 1.82) is 5.26 Å². The van der Waals surface area contributed by atoms with Crippen LogP contribution in [0.4, 0.5) is 5.69 Å². The van der Waals surface area contributed by atoms with E-state index in [1.165, 1.54) is 0 Å². The lowest BCUT2D eigenvalue weighted by atomic mass is 9.98. The molecule has 0 spiro atoms. The molecule has 13 heavy (non-hydrogen) atoms. The first kappa shape index (κ1) is 9.60. The summed E-state index contributed by atoms with van der Waals surface area (Å²) in [6.07, 6.45) is 1.72. The first-order valence-electron chi connectivity index (χ1n) is 4.54. The van der Waals surface area contributed by atoms with E-state index in [-0.39, 0.29) is 0 Å². The van der Waals surface area contributed by atoms with E-state index in [0.717, 1.165) is 35.2 Å². The van der Waals surface area contributed by atoms with Crippen molar-refractivity contribution < 1.29 is 0 Å². The van der Waals surface area contributed by atoms with Gasteiger partial charge in [-0.15, -0.1) is 0 Å². The SMILES string of the molecule is CCc1cc(N)cc(CC)c1C#N. The van der Waals surface area contributed by atoms with Gasteiger partial charge in [0.1, 0.15) is 0 Å². The Kier molecular flexibility index (Phi) is 2.92. The average molecular weight is 174 g/mol. The smallest absolute Gasteiger partial charge is 0.0997 e. The molecule has 1 aromatic carbocycles. The molecule has 68 valence electrons. The van der Waals surface area contributed by atoms with Crippen LogP contribution in [0.5, 0.6) is 0 Å². The third kappa shape index (κ3) is 1.81. The maximum atomic E-state index is 8.96. The van der Waals surface area contributed by atoms with Gasteiger partial charge in [0.25, 0.3) is 0 Å². The lowest BCUT2D eigenvalue weighted by molar-refractivity contribution is 1.07. The average Bonchev–Trinajstić information content (AvgIpc) is 2.16. The minimum atomic E-state index is 0.757. The molecule has 2 N–H and O–H groups in total. The lowest BCUT2D eigenvalue weighted by Gasteiger charge is -2.07. The van der Waals surface area contributed by atoms with Gasteiger partial charge >= 0.3 is 0 Å². The van der Waals surface area contributed by atoms with Crippen LogP contribution < -0.4 is 5.73 Å². The van der Waals surface area contributed by atoms with E-state index in [1.54, 1.807) is 0 Å². The van der Waals surface area contributed by atoms with Crippen LogP contribution in [-0.2, 0) is 12.8 Å². The Morgan fingerprint density at radius 3 is 2.00 bits per heavy atom. The molecule has 0 bridgehead atoms. The molecule has 0 amide bonds. The number of nitrogen functional groups attached to an aromatic ring is 1. The van der Waals surface area contributed by atoms with Crippen molar-refractivity contribution in [2.24, 2.45) is 0 Å². The van der Waals surface area contributed by atoms with Gasteiger partial charge < -0.3 is 5.73 Å². The standard InChI is InChI=1S/C11H14N2/c1-3-8-5-10(13)6-9(4-2)11(8)7-12/h5-6H,3-4,13H2,1-2H3. The molecule has 0 heterocycles. The molecular formula is C11H14N2. The molecule has 1 aromatic rings. The van der Waals surface area contributed by atoms with Gasteiger partial charge in [-0.25, -0.2) is 0 Å². The topological polar surface area (TPSA) is 49.8 Å². The third-order valence-electron chi connectivity index (χ3n) is 2.20. The number of nitrogens with two attached hydrogens (primary N) is 1. The molecule has 0 saturated carbocycles. The van der Waals surface area contributed by atoms with Crippen molar-refractivity contribution >= 4 is 5.69 Å². The normalized spacial score (nSPS) is 9.62. The Bertz CT molecular complexity index is 323. The maximum Gasteiger partial charge on any atom is 0.0997 e. The molecule has 2 heteroatoms. The monoisotopic (exact) mass is 174 g/mol. The van der Waals surface area contributed by atoms with E-state index in [0.29, 0.717) is 0 Å². The number of nitriles is 1. The number of aryl methyl sites for hydroxylation is 2. The first-order chi connectivity index (χ1) is 6.22. The molecule has 0 aliphatic rings. The third-order valence-corrected chi connectivity index (χ3v) is 2.20. The van der Waals surface area contributed by atoms with Crippen molar-refractivity contribution in [3.8, 4) is 6.07 Å². The van der Waals surface area contributed by atoms with Gasteiger partial charge in [-0.3, -0.25) is 0 Å². The molecule has 2 nitrogen and oxygen atoms in total.